The van der Waals surface area contributed by atoms with Crippen molar-refractivity contribution in [3.63, 3.8) is 0 Å². The van der Waals surface area contributed by atoms with Crippen molar-refractivity contribution in [3.8, 4) is 5.75 Å². The van der Waals surface area contributed by atoms with Gasteiger partial charge in [-0.2, -0.15) is 0 Å². The van der Waals surface area contributed by atoms with Crippen LogP contribution in [-0.2, 0) is 16.0 Å². The van der Waals surface area contributed by atoms with Crippen LogP contribution >= 0.6 is 0 Å². The summed E-state index contributed by atoms with van der Waals surface area (Å²) in [5.41, 5.74) is 2.80. The first-order valence-electron chi connectivity index (χ1n) is 9.86. The third-order valence-corrected chi connectivity index (χ3v) is 5.51. The van der Waals surface area contributed by atoms with E-state index >= 15 is 0 Å². The van der Waals surface area contributed by atoms with Crippen molar-refractivity contribution < 1.29 is 19.1 Å². The summed E-state index contributed by atoms with van der Waals surface area (Å²) in [6, 6.07) is 12.6. The molecule has 0 aromatic heterocycles. The summed E-state index contributed by atoms with van der Waals surface area (Å²) in [4.78, 5) is 38.7. The van der Waals surface area contributed by atoms with Crippen LogP contribution in [0.25, 0.3) is 0 Å². The van der Waals surface area contributed by atoms with Gasteiger partial charge in [-0.15, -0.1) is 0 Å². The Labute approximate surface area is 176 Å². The van der Waals surface area contributed by atoms with Crippen molar-refractivity contribution in [2.75, 3.05) is 19.0 Å². The van der Waals surface area contributed by atoms with Crippen molar-refractivity contribution in [1.82, 2.24) is 10.2 Å². The average Bonchev–Trinajstić information content (AvgIpc) is 2.93. The number of carbonyl (C=O) groups is 3. The summed E-state index contributed by atoms with van der Waals surface area (Å²) in [7, 11) is 1.60. The Kier molecular flexibility index (Phi) is 6.10. The first-order chi connectivity index (χ1) is 14.2. The zero-order chi connectivity index (χ0) is 21.9. The number of aryl methyl sites for hydroxylation is 3. The predicted molar refractivity (Wildman–Crippen MR) is 115 cm³/mol. The maximum Gasteiger partial charge on any atom is 0.325 e. The molecule has 1 saturated heterocycles. The first kappa shape index (κ1) is 21.4. The molecule has 0 spiro atoms. The van der Waals surface area contributed by atoms with E-state index in [9.17, 15) is 14.4 Å². The van der Waals surface area contributed by atoms with Crippen LogP contribution in [0.15, 0.2) is 42.5 Å². The molecule has 2 aromatic rings. The third-order valence-electron chi connectivity index (χ3n) is 5.51. The quantitative estimate of drug-likeness (QED) is 0.688. The summed E-state index contributed by atoms with van der Waals surface area (Å²) in [6.45, 7) is 5.31. The summed E-state index contributed by atoms with van der Waals surface area (Å²) in [5.74, 6) is -0.0476. The lowest BCUT2D eigenvalue weighted by Gasteiger charge is -2.21. The molecule has 30 heavy (non-hydrogen) atoms. The van der Waals surface area contributed by atoms with E-state index in [2.05, 4.69) is 10.6 Å². The van der Waals surface area contributed by atoms with Gasteiger partial charge in [0.1, 0.15) is 17.8 Å². The Morgan fingerprint density at radius 2 is 1.80 bits per heavy atom. The van der Waals surface area contributed by atoms with E-state index < -0.39 is 23.4 Å². The van der Waals surface area contributed by atoms with Gasteiger partial charge in [0.05, 0.1) is 7.11 Å². The van der Waals surface area contributed by atoms with Gasteiger partial charge in [0.2, 0.25) is 5.91 Å². The van der Waals surface area contributed by atoms with E-state index in [1.165, 1.54) is 0 Å². The fourth-order valence-corrected chi connectivity index (χ4v) is 3.41. The lowest BCUT2D eigenvalue weighted by atomic mass is 9.93. The molecular formula is C23H27N3O4. The second-order valence-electron chi connectivity index (χ2n) is 7.85. The molecule has 7 heteroatoms. The molecule has 1 heterocycles. The summed E-state index contributed by atoms with van der Waals surface area (Å²) < 4.78 is 5.15. The molecular weight excluding hydrogens is 382 g/mol. The van der Waals surface area contributed by atoms with Crippen LogP contribution in [0.3, 0.4) is 0 Å². The van der Waals surface area contributed by atoms with Gasteiger partial charge in [-0.3, -0.25) is 14.5 Å². The number of imide groups is 1. The highest BCUT2D eigenvalue weighted by Crippen LogP contribution is 2.24. The maximum atomic E-state index is 12.9. The topological polar surface area (TPSA) is 87.7 Å². The molecule has 0 unspecified atom stereocenters. The number of nitrogens with one attached hydrogen (secondary N) is 2. The number of rotatable bonds is 7. The Morgan fingerprint density at radius 1 is 1.10 bits per heavy atom. The molecule has 1 aliphatic rings. The second kappa shape index (κ2) is 8.57. The van der Waals surface area contributed by atoms with Gasteiger partial charge in [0.15, 0.2) is 0 Å². The number of urea groups is 1. The van der Waals surface area contributed by atoms with Crippen LogP contribution in [-0.4, -0.2) is 41.9 Å². The average molecular weight is 409 g/mol. The van der Waals surface area contributed by atoms with Gasteiger partial charge < -0.3 is 15.4 Å². The Hall–Kier alpha value is -3.35. The van der Waals surface area contributed by atoms with Crippen LogP contribution in [0.2, 0.25) is 0 Å². The van der Waals surface area contributed by atoms with Crippen LogP contribution in [0.5, 0.6) is 5.75 Å². The minimum absolute atomic E-state index is 0.324. The Balaban J connectivity index is 1.61. The first-order valence-corrected chi connectivity index (χ1v) is 9.86. The molecule has 7 nitrogen and oxygen atoms in total. The van der Waals surface area contributed by atoms with Crippen molar-refractivity contribution in [1.29, 1.82) is 0 Å². The SMILES string of the molecule is COc1ccc(CC[C@@]2(C)NC(=O)N(CC(=O)Nc3ccc(C)c(C)c3)C2=O)cc1. The van der Waals surface area contributed by atoms with E-state index in [1.54, 1.807) is 20.1 Å². The van der Waals surface area contributed by atoms with E-state index in [0.717, 1.165) is 27.3 Å². The zero-order valence-electron chi connectivity index (χ0n) is 17.7. The molecule has 0 bridgehead atoms. The molecule has 3 rings (SSSR count). The van der Waals surface area contributed by atoms with Gasteiger partial charge in [0, 0.05) is 5.69 Å². The zero-order valence-corrected chi connectivity index (χ0v) is 17.7. The van der Waals surface area contributed by atoms with Crippen LogP contribution in [0.1, 0.15) is 30.0 Å². The number of hydrogen-bond donors (Lipinski definition) is 2. The van der Waals surface area contributed by atoms with E-state index in [-0.39, 0.29) is 6.54 Å². The highest BCUT2D eigenvalue weighted by molar-refractivity contribution is 6.09. The Bertz CT molecular complexity index is 971. The summed E-state index contributed by atoms with van der Waals surface area (Å²) >= 11 is 0. The number of methoxy groups -OCH3 is 1. The molecule has 1 atom stereocenters. The highest BCUT2D eigenvalue weighted by atomic mass is 16.5. The van der Waals surface area contributed by atoms with Gasteiger partial charge in [-0.05, 0) is 74.6 Å². The summed E-state index contributed by atoms with van der Waals surface area (Å²) in [6.07, 6.45) is 1.04. The number of anilines is 1. The van der Waals surface area contributed by atoms with Crippen molar-refractivity contribution in [2.24, 2.45) is 0 Å². The molecule has 158 valence electrons. The van der Waals surface area contributed by atoms with Crippen LogP contribution in [0.4, 0.5) is 10.5 Å². The lowest BCUT2D eigenvalue weighted by molar-refractivity contribution is -0.133. The number of carbonyl (C=O) groups excluding carboxylic acids is 3. The van der Waals surface area contributed by atoms with Crippen LogP contribution < -0.4 is 15.4 Å². The van der Waals surface area contributed by atoms with Crippen LogP contribution in [0, 0.1) is 13.8 Å². The maximum absolute atomic E-state index is 12.9. The van der Waals surface area contributed by atoms with Gasteiger partial charge >= 0.3 is 6.03 Å². The number of nitrogens with zero attached hydrogens (tertiary/aromatic N) is 1. The monoisotopic (exact) mass is 409 g/mol. The number of amides is 4. The highest BCUT2D eigenvalue weighted by Gasteiger charge is 2.47. The van der Waals surface area contributed by atoms with E-state index in [4.69, 9.17) is 4.74 Å². The number of ether oxygens (including phenoxy) is 1. The fourth-order valence-electron chi connectivity index (χ4n) is 3.41. The molecule has 2 N–H and O–H groups in total. The van der Waals surface area contributed by atoms with Gasteiger partial charge in [-0.1, -0.05) is 18.2 Å². The second-order valence-corrected chi connectivity index (χ2v) is 7.85. The molecule has 1 aliphatic heterocycles. The molecule has 0 aliphatic carbocycles. The third kappa shape index (κ3) is 4.62. The van der Waals surface area contributed by atoms with E-state index in [0.29, 0.717) is 18.5 Å². The lowest BCUT2D eigenvalue weighted by Crippen LogP contribution is -2.45. The molecule has 0 radical (unpaired) electrons. The molecule has 4 amide bonds. The Morgan fingerprint density at radius 3 is 2.43 bits per heavy atom. The summed E-state index contributed by atoms with van der Waals surface area (Å²) in [5, 5.41) is 5.49. The standard InChI is InChI=1S/C23H27N3O4/c1-15-5-8-18(13-16(15)2)24-20(27)14-26-21(28)23(3,25-22(26)29)12-11-17-6-9-19(30-4)10-7-17/h5-10,13H,11-12,14H2,1-4H3,(H,24,27)(H,25,29)/t23-/m1/s1. The minimum Gasteiger partial charge on any atom is -0.497 e. The minimum atomic E-state index is -1.04. The molecule has 2 aromatic carbocycles. The fraction of sp³-hybridized carbons (Fsp3) is 0.348. The predicted octanol–water partition coefficient (Wildman–Crippen LogP) is 3.19. The number of benzene rings is 2. The normalized spacial score (nSPS) is 18.3. The largest absolute Gasteiger partial charge is 0.497 e. The molecule has 1 fully saturated rings. The van der Waals surface area contributed by atoms with Crippen molar-refractivity contribution in [2.45, 2.75) is 39.2 Å². The molecule has 0 saturated carbocycles. The van der Waals surface area contributed by atoms with Gasteiger partial charge in [-0.25, -0.2) is 4.79 Å². The smallest absolute Gasteiger partial charge is 0.325 e. The van der Waals surface area contributed by atoms with E-state index in [1.807, 2.05) is 50.2 Å². The van der Waals surface area contributed by atoms with Gasteiger partial charge in [0.25, 0.3) is 5.91 Å². The van der Waals surface area contributed by atoms with Crippen molar-refractivity contribution >= 4 is 23.5 Å². The number of hydrogen-bond acceptors (Lipinski definition) is 4. The van der Waals surface area contributed by atoms with Crippen molar-refractivity contribution in [3.05, 3.63) is 59.2 Å².